The minimum Gasteiger partial charge on any atom is -0.389 e. The summed E-state index contributed by atoms with van der Waals surface area (Å²) in [6.07, 6.45) is 0. The average Bonchev–Trinajstić information content (AvgIpc) is 2.46. The van der Waals surface area contributed by atoms with Crippen LogP contribution >= 0.6 is 12.2 Å². The van der Waals surface area contributed by atoms with Gasteiger partial charge in [-0.15, -0.1) is 0 Å². The first kappa shape index (κ1) is 14.7. The van der Waals surface area contributed by atoms with Gasteiger partial charge in [0.25, 0.3) is 0 Å². The molecule has 0 bridgehead atoms. The topological polar surface area (TPSA) is 67.6 Å². The summed E-state index contributed by atoms with van der Waals surface area (Å²) in [5, 5.41) is 2.58. The summed E-state index contributed by atoms with van der Waals surface area (Å²) < 4.78 is 19.3. The van der Waals surface area contributed by atoms with E-state index in [4.69, 9.17) is 22.7 Å². The first-order valence-corrected chi connectivity index (χ1v) is 6.60. The van der Waals surface area contributed by atoms with E-state index in [0.717, 1.165) is 0 Å². The Labute approximate surface area is 121 Å². The number of amides is 1. The van der Waals surface area contributed by atoms with Crippen LogP contribution in [-0.4, -0.2) is 43.7 Å². The van der Waals surface area contributed by atoms with Crippen molar-refractivity contribution in [1.29, 1.82) is 0 Å². The van der Waals surface area contributed by atoms with Gasteiger partial charge < -0.3 is 20.7 Å². The number of hydrogen-bond acceptors (Lipinski definition) is 4. The molecule has 1 unspecified atom stereocenters. The van der Waals surface area contributed by atoms with Crippen molar-refractivity contribution in [2.45, 2.75) is 6.04 Å². The largest absolute Gasteiger partial charge is 0.389 e. The molecule has 2 rings (SSSR count). The summed E-state index contributed by atoms with van der Waals surface area (Å²) >= 11 is 4.77. The van der Waals surface area contributed by atoms with Crippen molar-refractivity contribution in [2.75, 3.05) is 31.7 Å². The van der Waals surface area contributed by atoms with Gasteiger partial charge >= 0.3 is 0 Å². The summed E-state index contributed by atoms with van der Waals surface area (Å²) in [7, 11) is 1.56. The number of nitrogens with zero attached hydrogens (tertiary/aromatic N) is 1. The zero-order chi connectivity index (χ0) is 14.7. The van der Waals surface area contributed by atoms with Crippen LogP contribution in [0, 0.1) is 5.82 Å². The number of morpholine rings is 1. The number of benzene rings is 1. The number of halogens is 1. The highest BCUT2D eigenvalue weighted by molar-refractivity contribution is 7.80. The lowest BCUT2D eigenvalue weighted by Crippen LogP contribution is -2.53. The molecule has 108 valence electrons. The number of carbonyl (C=O) groups excluding carboxylic acids is 1. The van der Waals surface area contributed by atoms with Gasteiger partial charge in [0.05, 0.1) is 13.2 Å². The standard InChI is InChI=1S/C13H16FN3O2S/c1-16-13(18)11-7-19-5-4-17(11)8-2-3-9(12(15)20)10(14)6-8/h2-3,6,11H,4-5,7H2,1H3,(H2,15,20)(H,16,18). The smallest absolute Gasteiger partial charge is 0.244 e. The monoisotopic (exact) mass is 297 g/mol. The van der Waals surface area contributed by atoms with E-state index in [9.17, 15) is 9.18 Å². The Kier molecular flexibility index (Phi) is 4.51. The van der Waals surface area contributed by atoms with E-state index < -0.39 is 11.9 Å². The molecule has 1 aliphatic rings. The third kappa shape index (κ3) is 2.88. The van der Waals surface area contributed by atoms with Crippen LogP contribution in [-0.2, 0) is 9.53 Å². The van der Waals surface area contributed by atoms with Gasteiger partial charge in [-0.2, -0.15) is 0 Å². The third-order valence-corrected chi connectivity index (χ3v) is 3.45. The maximum absolute atomic E-state index is 13.9. The van der Waals surface area contributed by atoms with E-state index >= 15 is 0 Å². The van der Waals surface area contributed by atoms with Crippen molar-refractivity contribution in [3.63, 3.8) is 0 Å². The molecular formula is C13H16FN3O2S. The average molecular weight is 297 g/mol. The molecule has 0 aliphatic carbocycles. The van der Waals surface area contributed by atoms with Crippen LogP contribution in [0.4, 0.5) is 10.1 Å². The number of rotatable bonds is 3. The normalized spacial score (nSPS) is 18.7. The van der Waals surface area contributed by atoms with Crippen molar-refractivity contribution < 1.29 is 13.9 Å². The van der Waals surface area contributed by atoms with Gasteiger partial charge in [-0.1, -0.05) is 12.2 Å². The van der Waals surface area contributed by atoms with Gasteiger partial charge in [0, 0.05) is 24.8 Å². The molecule has 1 atom stereocenters. The van der Waals surface area contributed by atoms with Crippen LogP contribution in [0.3, 0.4) is 0 Å². The molecule has 1 aromatic rings. The van der Waals surface area contributed by atoms with Crippen LogP contribution in [0.5, 0.6) is 0 Å². The number of ether oxygens (including phenoxy) is 1. The van der Waals surface area contributed by atoms with Crippen molar-refractivity contribution in [3.8, 4) is 0 Å². The van der Waals surface area contributed by atoms with Gasteiger partial charge in [0.15, 0.2) is 0 Å². The molecule has 0 spiro atoms. The highest BCUT2D eigenvalue weighted by Crippen LogP contribution is 2.22. The zero-order valence-electron chi connectivity index (χ0n) is 11.1. The third-order valence-electron chi connectivity index (χ3n) is 3.23. The fraction of sp³-hybridized carbons (Fsp3) is 0.385. The van der Waals surface area contributed by atoms with Crippen LogP contribution in [0.1, 0.15) is 5.56 Å². The lowest BCUT2D eigenvalue weighted by atomic mass is 10.1. The lowest BCUT2D eigenvalue weighted by molar-refractivity contribution is -0.124. The molecule has 5 nitrogen and oxygen atoms in total. The Hall–Kier alpha value is -1.73. The molecule has 1 fully saturated rings. The van der Waals surface area contributed by atoms with Gasteiger partial charge in [0.2, 0.25) is 5.91 Å². The molecule has 20 heavy (non-hydrogen) atoms. The molecule has 0 aromatic heterocycles. The van der Waals surface area contributed by atoms with E-state index in [1.54, 1.807) is 13.1 Å². The maximum atomic E-state index is 13.9. The maximum Gasteiger partial charge on any atom is 0.244 e. The summed E-state index contributed by atoms with van der Waals surface area (Å²) in [4.78, 5) is 13.7. The number of nitrogens with one attached hydrogen (secondary N) is 1. The van der Waals surface area contributed by atoms with Gasteiger partial charge in [-0.05, 0) is 18.2 Å². The number of thiocarbonyl (C=S) groups is 1. The van der Waals surface area contributed by atoms with E-state index in [0.29, 0.717) is 18.8 Å². The van der Waals surface area contributed by atoms with Crippen molar-refractivity contribution >= 4 is 28.8 Å². The minimum atomic E-state index is -0.489. The number of likely N-dealkylation sites (N-methyl/N-ethyl adjacent to an activating group) is 1. The molecular weight excluding hydrogens is 281 g/mol. The van der Waals surface area contributed by atoms with Crippen molar-refractivity contribution in [2.24, 2.45) is 5.73 Å². The lowest BCUT2D eigenvalue weighted by Gasteiger charge is -2.36. The minimum absolute atomic E-state index is 0.0129. The Morgan fingerprint density at radius 3 is 2.95 bits per heavy atom. The molecule has 1 heterocycles. The van der Waals surface area contributed by atoms with Crippen LogP contribution in [0.2, 0.25) is 0 Å². The SMILES string of the molecule is CNC(=O)C1COCCN1c1ccc(C(N)=S)c(F)c1. The summed E-state index contributed by atoms with van der Waals surface area (Å²) in [5.74, 6) is -0.652. The Morgan fingerprint density at radius 2 is 2.35 bits per heavy atom. The second kappa shape index (κ2) is 6.15. The van der Waals surface area contributed by atoms with Crippen LogP contribution < -0.4 is 16.0 Å². The summed E-state index contributed by atoms with van der Waals surface area (Å²) in [5.41, 5.74) is 6.25. The first-order chi connectivity index (χ1) is 9.54. The van der Waals surface area contributed by atoms with E-state index in [2.05, 4.69) is 5.32 Å². The van der Waals surface area contributed by atoms with E-state index in [1.807, 2.05) is 4.90 Å². The summed E-state index contributed by atoms with van der Waals surface area (Å²) in [6, 6.07) is 4.11. The Bertz CT molecular complexity index is 538. The van der Waals surface area contributed by atoms with E-state index in [1.165, 1.54) is 12.1 Å². The number of nitrogens with two attached hydrogens (primary N) is 1. The molecule has 3 N–H and O–H groups in total. The molecule has 1 saturated heterocycles. The van der Waals surface area contributed by atoms with Crippen LogP contribution in [0.25, 0.3) is 0 Å². The zero-order valence-corrected chi connectivity index (χ0v) is 11.9. The Balaban J connectivity index is 2.31. The molecule has 7 heteroatoms. The molecule has 1 aromatic carbocycles. The molecule has 0 radical (unpaired) electrons. The van der Waals surface area contributed by atoms with Gasteiger partial charge in [-0.25, -0.2) is 4.39 Å². The van der Waals surface area contributed by atoms with Crippen molar-refractivity contribution in [1.82, 2.24) is 5.32 Å². The predicted molar refractivity (Wildman–Crippen MR) is 78.3 cm³/mol. The number of anilines is 1. The summed E-state index contributed by atoms with van der Waals surface area (Å²) in [6.45, 7) is 1.29. The fourth-order valence-electron chi connectivity index (χ4n) is 2.18. The molecule has 0 saturated carbocycles. The predicted octanol–water partition coefficient (Wildman–Crippen LogP) is 0.411. The fourth-order valence-corrected chi connectivity index (χ4v) is 2.34. The highest BCUT2D eigenvalue weighted by Gasteiger charge is 2.29. The number of carbonyl (C=O) groups is 1. The van der Waals surface area contributed by atoms with Gasteiger partial charge in [0.1, 0.15) is 16.8 Å². The number of hydrogen-bond donors (Lipinski definition) is 2. The molecule has 1 amide bonds. The van der Waals surface area contributed by atoms with Gasteiger partial charge in [-0.3, -0.25) is 4.79 Å². The highest BCUT2D eigenvalue weighted by atomic mass is 32.1. The quantitative estimate of drug-likeness (QED) is 0.791. The Morgan fingerprint density at radius 1 is 1.60 bits per heavy atom. The second-order valence-corrected chi connectivity index (χ2v) is 4.87. The van der Waals surface area contributed by atoms with Crippen molar-refractivity contribution in [3.05, 3.63) is 29.6 Å². The van der Waals surface area contributed by atoms with E-state index in [-0.39, 0.29) is 23.1 Å². The molecule has 1 aliphatic heterocycles. The second-order valence-electron chi connectivity index (χ2n) is 4.43. The first-order valence-electron chi connectivity index (χ1n) is 6.20. The van der Waals surface area contributed by atoms with Crippen LogP contribution in [0.15, 0.2) is 18.2 Å².